The highest BCUT2D eigenvalue weighted by Gasteiger charge is 1.89. The lowest BCUT2D eigenvalue weighted by molar-refractivity contribution is 0.396. The van der Waals surface area contributed by atoms with Gasteiger partial charge in [0.05, 0.1) is 7.11 Å². The summed E-state index contributed by atoms with van der Waals surface area (Å²) >= 11 is 5.06. The SMILES string of the molecule is C=CCC(=NCl)OC. The Balaban J connectivity index is 3.53. The zero-order chi connectivity index (χ0) is 6.41. The first-order valence-electron chi connectivity index (χ1n) is 2.18. The van der Waals surface area contributed by atoms with E-state index in [9.17, 15) is 0 Å². The summed E-state index contributed by atoms with van der Waals surface area (Å²) in [6, 6.07) is 0. The maximum absolute atomic E-state index is 5.06. The average molecular weight is 134 g/mol. The van der Waals surface area contributed by atoms with Crippen LogP contribution in [0.25, 0.3) is 0 Å². The number of nitrogens with zero attached hydrogens (tertiary/aromatic N) is 1. The Hall–Kier alpha value is -0.500. The monoisotopic (exact) mass is 133 g/mol. The highest BCUT2D eigenvalue weighted by atomic mass is 35.5. The molecule has 0 aliphatic rings. The standard InChI is InChI=1S/C5H8ClNO/c1-3-4-5(7-6)8-2/h3H,1,4H2,2H3. The van der Waals surface area contributed by atoms with Crippen LogP contribution in [-0.4, -0.2) is 13.0 Å². The minimum absolute atomic E-state index is 0.488. The molecule has 0 amide bonds. The van der Waals surface area contributed by atoms with Crippen molar-refractivity contribution in [3.63, 3.8) is 0 Å². The van der Waals surface area contributed by atoms with Gasteiger partial charge in [-0.25, -0.2) is 0 Å². The van der Waals surface area contributed by atoms with Gasteiger partial charge in [-0.15, -0.1) is 11.1 Å². The number of ether oxygens (including phenoxy) is 1. The quantitative estimate of drug-likeness (QED) is 0.320. The maximum atomic E-state index is 5.06. The summed E-state index contributed by atoms with van der Waals surface area (Å²) in [5.41, 5.74) is 0. The van der Waals surface area contributed by atoms with E-state index in [0.29, 0.717) is 12.3 Å². The minimum atomic E-state index is 0.488. The summed E-state index contributed by atoms with van der Waals surface area (Å²) in [4.78, 5) is 0. The van der Waals surface area contributed by atoms with Crippen molar-refractivity contribution < 1.29 is 4.74 Å². The molecule has 0 rings (SSSR count). The molecule has 0 aliphatic carbocycles. The third-order valence-corrected chi connectivity index (χ3v) is 0.837. The van der Waals surface area contributed by atoms with Gasteiger partial charge in [-0.3, -0.25) is 0 Å². The summed E-state index contributed by atoms with van der Waals surface area (Å²) < 4.78 is 7.98. The third kappa shape index (κ3) is 2.64. The molecule has 0 aromatic carbocycles. The molecule has 0 spiro atoms. The first-order chi connectivity index (χ1) is 3.85. The predicted molar refractivity (Wildman–Crippen MR) is 35.1 cm³/mol. The number of halogens is 1. The van der Waals surface area contributed by atoms with Crippen LogP contribution in [0.15, 0.2) is 17.2 Å². The van der Waals surface area contributed by atoms with Gasteiger partial charge in [0.25, 0.3) is 0 Å². The van der Waals surface area contributed by atoms with Crippen molar-refractivity contribution >= 4 is 17.7 Å². The van der Waals surface area contributed by atoms with Crippen molar-refractivity contribution in [3.8, 4) is 0 Å². The van der Waals surface area contributed by atoms with E-state index in [-0.39, 0.29) is 0 Å². The number of hydrogen-bond acceptors (Lipinski definition) is 2. The molecule has 0 aliphatic heterocycles. The summed E-state index contributed by atoms with van der Waals surface area (Å²) in [6.07, 6.45) is 2.25. The van der Waals surface area contributed by atoms with Gasteiger partial charge in [0, 0.05) is 18.2 Å². The van der Waals surface area contributed by atoms with Crippen LogP contribution in [0, 0.1) is 0 Å². The fraction of sp³-hybridized carbons (Fsp3) is 0.400. The molecule has 3 heteroatoms. The largest absolute Gasteiger partial charge is 0.483 e. The molecule has 0 aromatic rings. The molecular formula is C5H8ClNO. The molecule has 0 saturated heterocycles. The Morgan fingerprint density at radius 2 is 2.62 bits per heavy atom. The van der Waals surface area contributed by atoms with Crippen LogP contribution in [0.4, 0.5) is 0 Å². The molecule has 0 heterocycles. The van der Waals surface area contributed by atoms with Crippen LogP contribution in [0.1, 0.15) is 6.42 Å². The molecule has 2 nitrogen and oxygen atoms in total. The topological polar surface area (TPSA) is 21.6 Å². The molecule has 0 bridgehead atoms. The molecule has 0 atom stereocenters. The normalized spacial score (nSPS) is 11.0. The molecule has 0 unspecified atom stereocenters. The van der Waals surface area contributed by atoms with Crippen LogP contribution in [0.5, 0.6) is 0 Å². The van der Waals surface area contributed by atoms with Crippen molar-refractivity contribution in [1.82, 2.24) is 0 Å². The van der Waals surface area contributed by atoms with Crippen molar-refractivity contribution in [1.29, 1.82) is 0 Å². The average Bonchev–Trinajstić information content (AvgIpc) is 1.83. The Bertz CT molecular complexity index is 101. The van der Waals surface area contributed by atoms with Crippen molar-refractivity contribution in [3.05, 3.63) is 12.7 Å². The van der Waals surface area contributed by atoms with Gasteiger partial charge in [-0.1, -0.05) is 6.08 Å². The molecule has 46 valence electrons. The van der Waals surface area contributed by atoms with Gasteiger partial charge in [-0.05, 0) is 0 Å². The molecular weight excluding hydrogens is 126 g/mol. The number of rotatable bonds is 2. The zero-order valence-corrected chi connectivity index (χ0v) is 5.48. The lowest BCUT2D eigenvalue weighted by atomic mass is 10.4. The molecule has 0 fully saturated rings. The maximum Gasteiger partial charge on any atom is 0.204 e. The van der Waals surface area contributed by atoms with E-state index in [0.717, 1.165) is 0 Å². The molecule has 0 radical (unpaired) electrons. The van der Waals surface area contributed by atoms with E-state index in [1.54, 1.807) is 6.08 Å². The zero-order valence-electron chi connectivity index (χ0n) is 4.72. The summed E-state index contributed by atoms with van der Waals surface area (Å²) in [5.74, 6) is 0.488. The Morgan fingerprint density at radius 1 is 2.00 bits per heavy atom. The summed E-state index contributed by atoms with van der Waals surface area (Å²) in [5, 5.41) is 0. The second-order valence-electron chi connectivity index (χ2n) is 1.18. The summed E-state index contributed by atoms with van der Waals surface area (Å²) in [7, 11) is 1.52. The first kappa shape index (κ1) is 7.50. The van der Waals surface area contributed by atoms with E-state index in [1.165, 1.54) is 7.11 Å². The van der Waals surface area contributed by atoms with Crippen LogP contribution in [0.2, 0.25) is 0 Å². The second-order valence-corrected chi connectivity index (χ2v) is 1.34. The predicted octanol–water partition coefficient (Wildman–Crippen LogP) is 1.76. The van der Waals surface area contributed by atoms with Gasteiger partial charge in [0.15, 0.2) is 0 Å². The molecule has 0 aromatic heterocycles. The Morgan fingerprint density at radius 3 is 2.75 bits per heavy atom. The van der Waals surface area contributed by atoms with E-state index in [4.69, 9.17) is 11.8 Å². The Labute approximate surface area is 53.9 Å². The van der Waals surface area contributed by atoms with E-state index >= 15 is 0 Å². The lowest BCUT2D eigenvalue weighted by Crippen LogP contribution is -1.96. The van der Waals surface area contributed by atoms with Gasteiger partial charge < -0.3 is 4.74 Å². The summed E-state index contributed by atoms with van der Waals surface area (Å²) in [6.45, 7) is 3.48. The first-order valence-corrected chi connectivity index (χ1v) is 2.51. The fourth-order valence-corrected chi connectivity index (χ4v) is 0.414. The van der Waals surface area contributed by atoms with Gasteiger partial charge in [-0.2, -0.15) is 0 Å². The van der Waals surface area contributed by atoms with Gasteiger partial charge in [0.1, 0.15) is 0 Å². The number of hydrogen-bond donors (Lipinski definition) is 0. The lowest BCUT2D eigenvalue weighted by Gasteiger charge is -1.95. The van der Waals surface area contributed by atoms with Crippen molar-refractivity contribution in [2.45, 2.75) is 6.42 Å². The van der Waals surface area contributed by atoms with Gasteiger partial charge >= 0.3 is 0 Å². The highest BCUT2D eigenvalue weighted by molar-refractivity contribution is 6.19. The van der Waals surface area contributed by atoms with Gasteiger partial charge in [0.2, 0.25) is 5.90 Å². The van der Waals surface area contributed by atoms with Crippen LogP contribution in [0.3, 0.4) is 0 Å². The molecule has 8 heavy (non-hydrogen) atoms. The van der Waals surface area contributed by atoms with E-state index in [1.807, 2.05) is 0 Å². The Kier molecular flexibility index (Phi) is 4.36. The van der Waals surface area contributed by atoms with Crippen LogP contribution >= 0.6 is 11.8 Å². The smallest absolute Gasteiger partial charge is 0.204 e. The van der Waals surface area contributed by atoms with E-state index in [2.05, 4.69) is 15.8 Å². The van der Waals surface area contributed by atoms with E-state index < -0.39 is 0 Å². The minimum Gasteiger partial charge on any atom is -0.483 e. The fourth-order valence-electron chi connectivity index (χ4n) is 0.276. The van der Waals surface area contributed by atoms with Crippen LogP contribution < -0.4 is 0 Å². The van der Waals surface area contributed by atoms with Crippen LogP contribution in [-0.2, 0) is 4.74 Å². The number of methoxy groups -OCH3 is 1. The highest BCUT2D eigenvalue weighted by Crippen LogP contribution is 1.90. The van der Waals surface area contributed by atoms with Crippen molar-refractivity contribution in [2.75, 3.05) is 7.11 Å². The molecule has 0 N–H and O–H groups in total. The second kappa shape index (κ2) is 4.65. The molecule has 0 saturated carbocycles. The third-order valence-electron chi connectivity index (χ3n) is 0.649. The van der Waals surface area contributed by atoms with Crippen molar-refractivity contribution in [2.24, 2.45) is 4.51 Å².